The minimum absolute atomic E-state index is 0.135. The van der Waals surface area contributed by atoms with Gasteiger partial charge in [-0.2, -0.15) is 0 Å². The van der Waals surface area contributed by atoms with Crippen molar-refractivity contribution in [1.82, 2.24) is 9.62 Å². The van der Waals surface area contributed by atoms with Gasteiger partial charge in [0.15, 0.2) is 0 Å². The van der Waals surface area contributed by atoms with Gasteiger partial charge in [0.25, 0.3) is 0 Å². The minimum atomic E-state index is -3.08. The molecule has 0 aliphatic carbocycles. The van der Waals surface area contributed by atoms with Crippen molar-refractivity contribution >= 4 is 10.0 Å². The van der Waals surface area contributed by atoms with E-state index in [9.17, 15) is 8.42 Å². The molecule has 1 aliphatic heterocycles. The van der Waals surface area contributed by atoms with E-state index in [0.29, 0.717) is 0 Å². The van der Waals surface area contributed by atoms with Crippen molar-refractivity contribution < 1.29 is 8.42 Å². The van der Waals surface area contributed by atoms with Gasteiger partial charge in [-0.25, -0.2) is 12.7 Å². The second-order valence-corrected chi connectivity index (χ2v) is 6.66. The molecular formula is C9H20N2O2S. The van der Waals surface area contributed by atoms with Gasteiger partial charge in [-0.05, 0) is 33.2 Å². The molecule has 4 nitrogen and oxygen atoms in total. The molecule has 0 amide bonds. The first-order chi connectivity index (χ1) is 6.46. The molecule has 1 heterocycles. The molecule has 1 aliphatic rings. The van der Waals surface area contributed by atoms with Crippen LogP contribution in [-0.2, 0) is 10.0 Å². The topological polar surface area (TPSA) is 49.4 Å². The number of piperidine rings is 1. The van der Waals surface area contributed by atoms with Gasteiger partial charge < -0.3 is 5.32 Å². The predicted molar refractivity (Wildman–Crippen MR) is 57.7 cm³/mol. The van der Waals surface area contributed by atoms with Crippen LogP contribution in [0.2, 0.25) is 0 Å². The van der Waals surface area contributed by atoms with Crippen LogP contribution in [0, 0.1) is 0 Å². The van der Waals surface area contributed by atoms with Crippen molar-refractivity contribution in [3.05, 3.63) is 0 Å². The average Bonchev–Trinajstić information content (AvgIpc) is 2.17. The van der Waals surface area contributed by atoms with E-state index in [1.54, 1.807) is 20.9 Å². The van der Waals surface area contributed by atoms with E-state index in [1.165, 1.54) is 4.31 Å². The van der Waals surface area contributed by atoms with Crippen molar-refractivity contribution in [2.75, 3.05) is 20.1 Å². The summed E-state index contributed by atoms with van der Waals surface area (Å²) in [5.41, 5.74) is 0. The Balaban J connectivity index is 2.68. The Morgan fingerprint density at radius 1 is 1.43 bits per heavy atom. The van der Waals surface area contributed by atoms with Gasteiger partial charge in [-0.15, -0.1) is 0 Å². The predicted octanol–water partition coefficient (Wildman–Crippen LogP) is 0.408. The molecule has 0 aromatic carbocycles. The fraction of sp³-hybridized carbons (Fsp3) is 1.00. The second-order valence-electron chi connectivity index (χ2n) is 4.11. The molecule has 0 bridgehead atoms. The number of hydrogen-bond acceptors (Lipinski definition) is 3. The molecule has 1 saturated heterocycles. The zero-order valence-electron chi connectivity index (χ0n) is 9.16. The lowest BCUT2D eigenvalue weighted by atomic mass is 10.1. The fourth-order valence-electron chi connectivity index (χ4n) is 1.68. The normalized spacial score (nSPS) is 24.5. The quantitative estimate of drug-likeness (QED) is 0.749. The van der Waals surface area contributed by atoms with E-state index in [0.717, 1.165) is 25.9 Å². The van der Waals surface area contributed by atoms with Crippen LogP contribution < -0.4 is 5.32 Å². The van der Waals surface area contributed by atoms with Crippen molar-refractivity contribution in [3.8, 4) is 0 Å². The van der Waals surface area contributed by atoms with Crippen molar-refractivity contribution in [3.63, 3.8) is 0 Å². The Morgan fingerprint density at radius 2 is 2.07 bits per heavy atom. The number of sulfonamides is 1. The third-order valence-corrected chi connectivity index (χ3v) is 5.07. The van der Waals surface area contributed by atoms with E-state index in [1.807, 2.05) is 0 Å². The molecule has 0 aromatic heterocycles. The highest BCUT2D eigenvalue weighted by Crippen LogP contribution is 2.15. The van der Waals surface area contributed by atoms with Gasteiger partial charge in [0, 0.05) is 19.6 Å². The summed E-state index contributed by atoms with van der Waals surface area (Å²) >= 11 is 0. The SMILES string of the molecule is CC(C)S(=O)(=O)N(C)C1CCCNC1. The molecule has 1 unspecified atom stereocenters. The first-order valence-corrected chi connectivity index (χ1v) is 6.64. The van der Waals surface area contributed by atoms with Gasteiger partial charge in [-0.3, -0.25) is 0 Å². The first kappa shape index (κ1) is 11.9. The maximum atomic E-state index is 11.8. The highest BCUT2D eigenvalue weighted by Gasteiger charge is 2.29. The summed E-state index contributed by atoms with van der Waals surface area (Å²) in [6.07, 6.45) is 2.03. The van der Waals surface area contributed by atoms with Gasteiger partial charge in [0.05, 0.1) is 5.25 Å². The fourth-order valence-corrected chi connectivity index (χ4v) is 2.94. The van der Waals surface area contributed by atoms with E-state index in [-0.39, 0.29) is 11.3 Å². The Kier molecular flexibility index (Phi) is 3.92. The van der Waals surface area contributed by atoms with Gasteiger partial charge in [-0.1, -0.05) is 0 Å². The third-order valence-electron chi connectivity index (χ3n) is 2.78. The lowest BCUT2D eigenvalue weighted by Crippen LogP contribution is -2.48. The first-order valence-electron chi connectivity index (χ1n) is 5.14. The summed E-state index contributed by atoms with van der Waals surface area (Å²) in [7, 11) is -1.40. The number of rotatable bonds is 3. The van der Waals surface area contributed by atoms with Crippen molar-refractivity contribution in [2.45, 2.75) is 38.0 Å². The maximum Gasteiger partial charge on any atom is 0.216 e. The second kappa shape index (κ2) is 4.59. The highest BCUT2D eigenvalue weighted by molar-refractivity contribution is 7.89. The molecule has 1 N–H and O–H groups in total. The van der Waals surface area contributed by atoms with Crippen LogP contribution >= 0.6 is 0 Å². The third kappa shape index (κ3) is 2.46. The van der Waals surface area contributed by atoms with Crippen LogP contribution in [0.1, 0.15) is 26.7 Å². The number of hydrogen-bond donors (Lipinski definition) is 1. The molecule has 84 valence electrons. The molecule has 0 radical (unpaired) electrons. The molecule has 14 heavy (non-hydrogen) atoms. The Morgan fingerprint density at radius 3 is 2.50 bits per heavy atom. The lowest BCUT2D eigenvalue weighted by molar-refractivity contribution is 0.298. The Labute approximate surface area is 86.7 Å². The molecule has 0 spiro atoms. The summed E-state index contributed by atoms with van der Waals surface area (Å²) in [6.45, 7) is 5.23. The average molecular weight is 220 g/mol. The molecule has 0 saturated carbocycles. The summed E-state index contributed by atoms with van der Waals surface area (Å²) in [5.74, 6) is 0. The van der Waals surface area contributed by atoms with E-state index >= 15 is 0 Å². The summed E-state index contributed by atoms with van der Waals surface area (Å²) in [4.78, 5) is 0. The minimum Gasteiger partial charge on any atom is -0.315 e. The van der Waals surface area contributed by atoms with Gasteiger partial charge in [0.2, 0.25) is 10.0 Å². The van der Waals surface area contributed by atoms with Crippen molar-refractivity contribution in [2.24, 2.45) is 0 Å². The molecule has 1 atom stereocenters. The molecular weight excluding hydrogens is 200 g/mol. The van der Waals surface area contributed by atoms with Crippen LogP contribution in [0.15, 0.2) is 0 Å². The van der Waals surface area contributed by atoms with Crippen LogP contribution in [0.5, 0.6) is 0 Å². The smallest absolute Gasteiger partial charge is 0.216 e. The highest BCUT2D eigenvalue weighted by atomic mass is 32.2. The van der Waals surface area contributed by atoms with Gasteiger partial charge in [0.1, 0.15) is 0 Å². The standard InChI is InChI=1S/C9H20N2O2S/c1-8(2)14(12,13)11(3)9-5-4-6-10-7-9/h8-10H,4-7H2,1-3H3. The number of likely N-dealkylation sites (N-methyl/N-ethyl adjacent to an activating group) is 1. The monoisotopic (exact) mass is 220 g/mol. The largest absolute Gasteiger partial charge is 0.315 e. The summed E-state index contributed by atoms with van der Waals surface area (Å²) in [6, 6.07) is 0.135. The molecule has 5 heteroatoms. The van der Waals surface area contributed by atoms with E-state index < -0.39 is 10.0 Å². The zero-order chi connectivity index (χ0) is 10.8. The zero-order valence-corrected chi connectivity index (χ0v) is 9.97. The Hall–Kier alpha value is -0.130. The maximum absolute atomic E-state index is 11.8. The molecule has 0 aromatic rings. The van der Waals surface area contributed by atoms with Crippen molar-refractivity contribution in [1.29, 1.82) is 0 Å². The molecule has 1 rings (SSSR count). The Bertz CT molecular complexity index is 269. The van der Waals surface area contributed by atoms with E-state index in [2.05, 4.69) is 5.32 Å². The summed E-state index contributed by atoms with van der Waals surface area (Å²) in [5, 5.41) is 2.90. The van der Waals surface area contributed by atoms with Crippen LogP contribution in [0.4, 0.5) is 0 Å². The van der Waals surface area contributed by atoms with Crippen LogP contribution in [0.3, 0.4) is 0 Å². The van der Waals surface area contributed by atoms with Gasteiger partial charge >= 0.3 is 0 Å². The van der Waals surface area contributed by atoms with Crippen LogP contribution in [0.25, 0.3) is 0 Å². The van der Waals surface area contributed by atoms with Crippen LogP contribution in [-0.4, -0.2) is 44.2 Å². The number of nitrogens with zero attached hydrogens (tertiary/aromatic N) is 1. The number of nitrogens with one attached hydrogen (secondary N) is 1. The molecule has 1 fully saturated rings. The van der Waals surface area contributed by atoms with E-state index in [4.69, 9.17) is 0 Å². The summed E-state index contributed by atoms with van der Waals surface area (Å²) < 4.78 is 25.2. The lowest BCUT2D eigenvalue weighted by Gasteiger charge is -2.32.